The number of phenolic OH excluding ortho intramolecular Hbond substituents is 1. The zero-order valence-corrected chi connectivity index (χ0v) is 11.0. The van der Waals surface area contributed by atoms with Crippen LogP contribution >= 0.6 is 15.9 Å². The maximum atomic E-state index is 9.36. The topological polar surface area (TPSA) is 52.5 Å². The Labute approximate surface area is 105 Å². The molecule has 1 aromatic rings. The van der Waals surface area contributed by atoms with E-state index in [1.54, 1.807) is 12.1 Å². The van der Waals surface area contributed by atoms with Gasteiger partial charge in [0, 0.05) is 11.0 Å². The normalized spacial score (nSPS) is 12.7. The maximum absolute atomic E-state index is 9.36. The monoisotopic (exact) mass is 287 g/mol. The van der Waals surface area contributed by atoms with Crippen LogP contribution in [-0.4, -0.2) is 22.9 Å². The van der Waals surface area contributed by atoms with Crippen molar-refractivity contribution in [2.24, 2.45) is 0 Å². The molecular formula is C12H18BrNO2. The molecule has 0 heterocycles. The van der Waals surface area contributed by atoms with Gasteiger partial charge >= 0.3 is 0 Å². The highest BCUT2D eigenvalue weighted by atomic mass is 79.9. The summed E-state index contributed by atoms with van der Waals surface area (Å²) >= 11 is 3.42. The molecule has 1 aromatic carbocycles. The molecule has 0 aliphatic heterocycles. The van der Waals surface area contributed by atoms with E-state index in [1.807, 2.05) is 13.0 Å². The van der Waals surface area contributed by atoms with Gasteiger partial charge in [-0.3, -0.25) is 0 Å². The van der Waals surface area contributed by atoms with E-state index in [0.717, 1.165) is 29.4 Å². The predicted octanol–water partition coefficient (Wildman–Crippen LogP) is 2.41. The van der Waals surface area contributed by atoms with Crippen LogP contribution in [0.3, 0.4) is 0 Å². The van der Waals surface area contributed by atoms with Gasteiger partial charge in [0.05, 0.1) is 6.10 Å². The lowest BCUT2D eigenvalue weighted by molar-refractivity contribution is 0.159. The Morgan fingerprint density at radius 1 is 1.44 bits per heavy atom. The van der Waals surface area contributed by atoms with Crippen molar-refractivity contribution in [3.05, 3.63) is 28.2 Å². The molecule has 0 saturated carbocycles. The highest BCUT2D eigenvalue weighted by molar-refractivity contribution is 9.10. The molecule has 3 nitrogen and oxygen atoms in total. The van der Waals surface area contributed by atoms with Crippen LogP contribution in [0.15, 0.2) is 22.7 Å². The second-order valence-electron chi connectivity index (χ2n) is 3.80. The van der Waals surface area contributed by atoms with E-state index >= 15 is 0 Å². The molecule has 4 heteroatoms. The van der Waals surface area contributed by atoms with Crippen LogP contribution < -0.4 is 5.32 Å². The smallest absolute Gasteiger partial charge is 0.115 e. The summed E-state index contributed by atoms with van der Waals surface area (Å²) < 4.78 is 0.980. The molecule has 0 bridgehead atoms. The zero-order chi connectivity index (χ0) is 12.0. The summed E-state index contributed by atoms with van der Waals surface area (Å²) in [6.07, 6.45) is 1.32. The average molecular weight is 288 g/mol. The van der Waals surface area contributed by atoms with Gasteiger partial charge in [-0.05, 0) is 43.1 Å². The van der Waals surface area contributed by atoms with Crippen LogP contribution in [0.1, 0.15) is 25.3 Å². The SMILES string of the molecule is CCC(O)CCNCc1cc(O)ccc1Br. The second-order valence-corrected chi connectivity index (χ2v) is 4.66. The van der Waals surface area contributed by atoms with Crippen molar-refractivity contribution in [2.75, 3.05) is 6.54 Å². The maximum Gasteiger partial charge on any atom is 0.115 e. The highest BCUT2D eigenvalue weighted by Crippen LogP contribution is 2.21. The third kappa shape index (κ3) is 4.51. The number of halogens is 1. The quantitative estimate of drug-likeness (QED) is 0.705. The van der Waals surface area contributed by atoms with Crippen LogP contribution in [0.2, 0.25) is 0 Å². The summed E-state index contributed by atoms with van der Waals surface area (Å²) in [6.45, 7) is 3.43. The number of hydrogen-bond donors (Lipinski definition) is 3. The molecule has 16 heavy (non-hydrogen) atoms. The third-order valence-electron chi connectivity index (χ3n) is 2.47. The molecule has 0 aromatic heterocycles. The van der Waals surface area contributed by atoms with Gasteiger partial charge < -0.3 is 15.5 Å². The van der Waals surface area contributed by atoms with Crippen molar-refractivity contribution in [3.63, 3.8) is 0 Å². The number of rotatable bonds is 6. The van der Waals surface area contributed by atoms with E-state index in [4.69, 9.17) is 0 Å². The number of nitrogens with one attached hydrogen (secondary N) is 1. The van der Waals surface area contributed by atoms with Crippen LogP contribution in [0.5, 0.6) is 5.75 Å². The molecule has 1 atom stereocenters. The fourth-order valence-electron chi connectivity index (χ4n) is 1.39. The first-order valence-corrected chi connectivity index (χ1v) is 6.29. The minimum Gasteiger partial charge on any atom is -0.508 e. The standard InChI is InChI=1S/C12H18BrNO2/c1-2-10(15)5-6-14-8-9-7-11(16)3-4-12(9)13/h3-4,7,10,14-16H,2,5-6,8H2,1H3. The molecule has 0 aliphatic carbocycles. The van der Waals surface area contributed by atoms with Gasteiger partial charge in [0.1, 0.15) is 5.75 Å². The molecule has 1 unspecified atom stereocenters. The Bertz CT molecular complexity index is 331. The number of aliphatic hydroxyl groups is 1. The summed E-state index contributed by atoms with van der Waals surface area (Å²) in [5.41, 5.74) is 1.02. The van der Waals surface area contributed by atoms with Crippen molar-refractivity contribution in [1.29, 1.82) is 0 Å². The van der Waals surface area contributed by atoms with Gasteiger partial charge in [0.2, 0.25) is 0 Å². The van der Waals surface area contributed by atoms with E-state index in [-0.39, 0.29) is 11.9 Å². The summed E-state index contributed by atoms with van der Waals surface area (Å²) in [4.78, 5) is 0. The van der Waals surface area contributed by atoms with Gasteiger partial charge in [-0.1, -0.05) is 22.9 Å². The Balaban J connectivity index is 2.34. The Morgan fingerprint density at radius 2 is 2.19 bits per heavy atom. The number of hydrogen-bond acceptors (Lipinski definition) is 3. The van der Waals surface area contributed by atoms with Crippen LogP contribution in [-0.2, 0) is 6.54 Å². The Morgan fingerprint density at radius 3 is 2.88 bits per heavy atom. The summed E-state index contributed by atoms with van der Waals surface area (Å²) in [6, 6.07) is 5.20. The van der Waals surface area contributed by atoms with E-state index in [2.05, 4.69) is 21.2 Å². The lowest BCUT2D eigenvalue weighted by atomic mass is 10.2. The molecule has 90 valence electrons. The minimum absolute atomic E-state index is 0.222. The molecular weight excluding hydrogens is 270 g/mol. The lowest BCUT2D eigenvalue weighted by Gasteiger charge is -2.10. The summed E-state index contributed by atoms with van der Waals surface area (Å²) in [5, 5.41) is 21.9. The first kappa shape index (κ1) is 13.5. The fourth-order valence-corrected chi connectivity index (χ4v) is 1.78. The molecule has 0 amide bonds. The second kappa shape index (κ2) is 6.89. The third-order valence-corrected chi connectivity index (χ3v) is 3.24. The zero-order valence-electron chi connectivity index (χ0n) is 9.41. The molecule has 3 N–H and O–H groups in total. The molecule has 0 radical (unpaired) electrons. The van der Waals surface area contributed by atoms with Gasteiger partial charge in [0.15, 0.2) is 0 Å². The molecule has 0 spiro atoms. The van der Waals surface area contributed by atoms with E-state index < -0.39 is 0 Å². The van der Waals surface area contributed by atoms with Gasteiger partial charge in [-0.2, -0.15) is 0 Å². The van der Waals surface area contributed by atoms with Crippen molar-refractivity contribution >= 4 is 15.9 Å². The van der Waals surface area contributed by atoms with Crippen molar-refractivity contribution in [2.45, 2.75) is 32.4 Å². The van der Waals surface area contributed by atoms with Gasteiger partial charge in [0.25, 0.3) is 0 Å². The van der Waals surface area contributed by atoms with Crippen molar-refractivity contribution < 1.29 is 10.2 Å². The van der Waals surface area contributed by atoms with Crippen LogP contribution in [0, 0.1) is 0 Å². The predicted molar refractivity (Wildman–Crippen MR) is 68.4 cm³/mol. The number of benzene rings is 1. The van der Waals surface area contributed by atoms with Gasteiger partial charge in [-0.15, -0.1) is 0 Å². The average Bonchev–Trinajstić information content (AvgIpc) is 2.28. The van der Waals surface area contributed by atoms with Crippen LogP contribution in [0.25, 0.3) is 0 Å². The molecule has 0 saturated heterocycles. The Kier molecular flexibility index (Phi) is 5.80. The fraction of sp³-hybridized carbons (Fsp3) is 0.500. The first-order chi connectivity index (χ1) is 7.63. The van der Waals surface area contributed by atoms with E-state index in [9.17, 15) is 10.2 Å². The summed E-state index contributed by atoms with van der Waals surface area (Å²) in [7, 11) is 0. The largest absolute Gasteiger partial charge is 0.508 e. The van der Waals surface area contributed by atoms with Crippen molar-refractivity contribution in [3.8, 4) is 5.75 Å². The first-order valence-electron chi connectivity index (χ1n) is 5.49. The number of phenols is 1. The lowest BCUT2D eigenvalue weighted by Crippen LogP contribution is -2.19. The van der Waals surface area contributed by atoms with E-state index in [0.29, 0.717) is 6.54 Å². The van der Waals surface area contributed by atoms with Gasteiger partial charge in [-0.25, -0.2) is 0 Å². The minimum atomic E-state index is -0.222. The van der Waals surface area contributed by atoms with Crippen molar-refractivity contribution in [1.82, 2.24) is 5.32 Å². The molecule has 1 rings (SSSR count). The van der Waals surface area contributed by atoms with Crippen LogP contribution in [0.4, 0.5) is 0 Å². The molecule has 0 aliphatic rings. The highest BCUT2D eigenvalue weighted by Gasteiger charge is 2.02. The van der Waals surface area contributed by atoms with E-state index in [1.165, 1.54) is 0 Å². The Hall–Kier alpha value is -0.580. The molecule has 0 fully saturated rings. The number of aromatic hydroxyl groups is 1. The number of aliphatic hydroxyl groups excluding tert-OH is 1. The summed E-state index contributed by atoms with van der Waals surface area (Å²) in [5.74, 6) is 0.272.